The summed E-state index contributed by atoms with van der Waals surface area (Å²) in [6, 6.07) is 15.6. The maximum atomic E-state index is 13.3. The molecule has 0 atom stereocenters. The first-order valence-corrected chi connectivity index (χ1v) is 9.64. The Morgan fingerprint density at radius 3 is 2.07 bits per heavy atom. The molecule has 0 N–H and O–H groups in total. The standard InChI is InChI=1S/C23H24N2O2/c1-3-17-8-12-19(13-9-17)25-22(26)20(18-10-6-16(2)7-11-18)21(23(25)27)24-14-4-5-15-24/h6-13H,3-5,14-15H2,1-2H3. The lowest BCUT2D eigenvalue weighted by Crippen LogP contribution is -2.34. The van der Waals surface area contributed by atoms with Crippen molar-refractivity contribution in [3.8, 4) is 0 Å². The van der Waals surface area contributed by atoms with Crippen LogP contribution in [0.4, 0.5) is 5.69 Å². The summed E-state index contributed by atoms with van der Waals surface area (Å²) in [6.45, 7) is 5.76. The van der Waals surface area contributed by atoms with Crippen molar-refractivity contribution < 1.29 is 9.59 Å². The lowest BCUT2D eigenvalue weighted by molar-refractivity contribution is -0.120. The fraction of sp³-hybridized carbons (Fsp3) is 0.304. The summed E-state index contributed by atoms with van der Waals surface area (Å²) in [6.07, 6.45) is 3.03. The van der Waals surface area contributed by atoms with E-state index in [4.69, 9.17) is 0 Å². The number of carbonyl (C=O) groups is 2. The summed E-state index contributed by atoms with van der Waals surface area (Å²) in [5.74, 6) is -0.434. The molecule has 0 bridgehead atoms. The van der Waals surface area contributed by atoms with Crippen LogP contribution in [0.25, 0.3) is 5.57 Å². The zero-order valence-corrected chi connectivity index (χ0v) is 15.9. The Labute approximate surface area is 160 Å². The molecular weight excluding hydrogens is 336 g/mol. The number of amides is 2. The van der Waals surface area contributed by atoms with Crippen molar-refractivity contribution in [3.63, 3.8) is 0 Å². The first-order valence-electron chi connectivity index (χ1n) is 9.64. The van der Waals surface area contributed by atoms with Gasteiger partial charge in [-0.3, -0.25) is 9.59 Å². The SMILES string of the molecule is CCc1ccc(N2C(=O)C(c3ccc(C)cc3)=C(N3CCCC3)C2=O)cc1. The number of carbonyl (C=O) groups excluding carboxylic acids is 2. The van der Waals surface area contributed by atoms with Crippen LogP contribution < -0.4 is 4.90 Å². The van der Waals surface area contributed by atoms with Crippen LogP contribution in [0.1, 0.15) is 36.5 Å². The number of rotatable bonds is 4. The van der Waals surface area contributed by atoms with Crippen LogP contribution in [0.5, 0.6) is 0 Å². The smallest absolute Gasteiger partial charge is 0.282 e. The van der Waals surface area contributed by atoms with Gasteiger partial charge < -0.3 is 4.90 Å². The third-order valence-electron chi connectivity index (χ3n) is 5.42. The molecule has 138 valence electrons. The molecule has 0 unspecified atom stereocenters. The molecule has 2 aliphatic rings. The Bertz CT molecular complexity index is 904. The molecular formula is C23H24N2O2. The van der Waals surface area contributed by atoms with Gasteiger partial charge in [-0.2, -0.15) is 0 Å². The van der Waals surface area contributed by atoms with Crippen molar-refractivity contribution in [2.75, 3.05) is 18.0 Å². The summed E-state index contributed by atoms with van der Waals surface area (Å²) < 4.78 is 0. The maximum Gasteiger partial charge on any atom is 0.282 e. The molecule has 2 aromatic rings. The average molecular weight is 360 g/mol. The average Bonchev–Trinajstić information content (AvgIpc) is 3.29. The summed E-state index contributed by atoms with van der Waals surface area (Å²) in [7, 11) is 0. The van der Waals surface area contributed by atoms with Crippen molar-refractivity contribution in [1.82, 2.24) is 4.90 Å². The Morgan fingerprint density at radius 2 is 1.48 bits per heavy atom. The van der Waals surface area contributed by atoms with Crippen molar-refractivity contribution in [2.45, 2.75) is 33.1 Å². The van der Waals surface area contributed by atoms with Gasteiger partial charge in [-0.25, -0.2) is 4.90 Å². The highest BCUT2D eigenvalue weighted by molar-refractivity contribution is 6.45. The molecule has 0 radical (unpaired) electrons. The van der Waals surface area contributed by atoms with E-state index in [0.29, 0.717) is 17.0 Å². The molecule has 1 fully saturated rings. The molecule has 4 nitrogen and oxygen atoms in total. The number of benzene rings is 2. The zero-order valence-electron chi connectivity index (χ0n) is 15.9. The lowest BCUT2D eigenvalue weighted by atomic mass is 10.0. The highest BCUT2D eigenvalue weighted by Gasteiger charge is 2.42. The number of hydrogen-bond donors (Lipinski definition) is 0. The molecule has 2 aromatic carbocycles. The Balaban J connectivity index is 1.79. The van der Waals surface area contributed by atoms with Gasteiger partial charge in [-0.05, 0) is 49.4 Å². The van der Waals surface area contributed by atoms with Crippen molar-refractivity contribution in [2.24, 2.45) is 0 Å². The van der Waals surface area contributed by atoms with Crippen LogP contribution in [0.3, 0.4) is 0 Å². The summed E-state index contributed by atoms with van der Waals surface area (Å²) in [5.41, 5.74) is 4.85. The summed E-state index contributed by atoms with van der Waals surface area (Å²) in [5, 5.41) is 0. The summed E-state index contributed by atoms with van der Waals surface area (Å²) >= 11 is 0. The molecule has 27 heavy (non-hydrogen) atoms. The highest BCUT2D eigenvalue weighted by atomic mass is 16.2. The second-order valence-corrected chi connectivity index (χ2v) is 7.25. The van der Waals surface area contributed by atoms with E-state index >= 15 is 0 Å². The van der Waals surface area contributed by atoms with Gasteiger partial charge in [0.2, 0.25) is 0 Å². The number of anilines is 1. The zero-order chi connectivity index (χ0) is 19.0. The first kappa shape index (κ1) is 17.5. The van der Waals surface area contributed by atoms with Crippen molar-refractivity contribution >= 4 is 23.1 Å². The van der Waals surface area contributed by atoms with Crippen LogP contribution in [-0.2, 0) is 16.0 Å². The molecule has 4 rings (SSSR count). The molecule has 0 aromatic heterocycles. The normalized spacial score (nSPS) is 17.4. The van der Waals surface area contributed by atoms with Gasteiger partial charge in [-0.1, -0.05) is 48.9 Å². The lowest BCUT2D eigenvalue weighted by Gasteiger charge is -2.20. The second kappa shape index (κ2) is 7.03. The van der Waals surface area contributed by atoms with Gasteiger partial charge in [0.15, 0.2) is 0 Å². The molecule has 0 saturated carbocycles. The van der Waals surface area contributed by atoms with Gasteiger partial charge in [0, 0.05) is 13.1 Å². The quantitative estimate of drug-likeness (QED) is 0.776. The van der Waals surface area contributed by atoms with Gasteiger partial charge in [0.1, 0.15) is 5.70 Å². The third-order valence-corrected chi connectivity index (χ3v) is 5.42. The minimum Gasteiger partial charge on any atom is -0.366 e. The molecule has 4 heteroatoms. The van der Waals surface area contributed by atoms with Gasteiger partial charge in [0.25, 0.3) is 11.8 Å². The predicted molar refractivity (Wildman–Crippen MR) is 107 cm³/mol. The monoisotopic (exact) mass is 360 g/mol. The van der Waals surface area contributed by atoms with E-state index in [9.17, 15) is 9.59 Å². The van der Waals surface area contributed by atoms with Crippen LogP contribution >= 0.6 is 0 Å². The van der Waals surface area contributed by atoms with Crippen LogP contribution in [0.2, 0.25) is 0 Å². The Hall–Kier alpha value is -2.88. The van der Waals surface area contributed by atoms with Crippen LogP contribution in [0, 0.1) is 6.92 Å². The van der Waals surface area contributed by atoms with E-state index < -0.39 is 0 Å². The maximum absolute atomic E-state index is 13.3. The predicted octanol–water partition coefficient (Wildman–Crippen LogP) is 3.94. The topological polar surface area (TPSA) is 40.6 Å². The molecule has 2 aliphatic heterocycles. The van der Waals surface area contributed by atoms with E-state index in [-0.39, 0.29) is 11.8 Å². The largest absolute Gasteiger partial charge is 0.366 e. The molecule has 2 amide bonds. The second-order valence-electron chi connectivity index (χ2n) is 7.25. The minimum absolute atomic E-state index is 0.207. The highest BCUT2D eigenvalue weighted by Crippen LogP contribution is 2.36. The number of hydrogen-bond acceptors (Lipinski definition) is 3. The van der Waals surface area contributed by atoms with E-state index in [0.717, 1.165) is 43.5 Å². The van der Waals surface area contributed by atoms with E-state index in [1.807, 2.05) is 55.5 Å². The fourth-order valence-electron chi connectivity index (χ4n) is 3.85. The molecule has 1 saturated heterocycles. The molecule has 2 heterocycles. The summed E-state index contributed by atoms with van der Waals surface area (Å²) in [4.78, 5) is 30.1. The van der Waals surface area contributed by atoms with Crippen molar-refractivity contribution in [1.29, 1.82) is 0 Å². The molecule has 0 spiro atoms. The third kappa shape index (κ3) is 3.05. The molecule has 0 aliphatic carbocycles. The number of nitrogens with zero attached hydrogens (tertiary/aromatic N) is 2. The van der Waals surface area contributed by atoms with E-state index in [1.54, 1.807) is 0 Å². The van der Waals surface area contributed by atoms with E-state index in [2.05, 4.69) is 11.8 Å². The minimum atomic E-state index is -0.227. The van der Waals surface area contributed by atoms with Gasteiger partial charge in [-0.15, -0.1) is 0 Å². The van der Waals surface area contributed by atoms with E-state index in [1.165, 1.54) is 10.5 Å². The fourth-order valence-corrected chi connectivity index (χ4v) is 3.85. The van der Waals surface area contributed by atoms with Gasteiger partial charge >= 0.3 is 0 Å². The number of imide groups is 1. The number of likely N-dealkylation sites (tertiary alicyclic amines) is 1. The van der Waals surface area contributed by atoms with Crippen molar-refractivity contribution in [3.05, 3.63) is 70.9 Å². The Morgan fingerprint density at radius 1 is 0.852 bits per heavy atom. The number of aryl methyl sites for hydroxylation is 2. The van der Waals surface area contributed by atoms with Crippen LogP contribution in [-0.4, -0.2) is 29.8 Å². The van der Waals surface area contributed by atoms with Gasteiger partial charge in [0.05, 0.1) is 11.3 Å². The van der Waals surface area contributed by atoms with Crippen LogP contribution in [0.15, 0.2) is 54.2 Å². The Kier molecular flexibility index (Phi) is 4.56. The first-order chi connectivity index (χ1) is 13.1.